The number of ether oxygens (including phenoxy) is 2. The zero-order chi connectivity index (χ0) is 15.3. The van der Waals surface area contributed by atoms with Gasteiger partial charge in [0.25, 0.3) is 0 Å². The van der Waals surface area contributed by atoms with Gasteiger partial charge in [-0.15, -0.1) is 11.8 Å². The van der Waals surface area contributed by atoms with Crippen LogP contribution in [0.15, 0.2) is 0 Å². The number of nitrogens with one attached hydrogen (secondary N) is 1. The lowest BCUT2D eigenvalue weighted by atomic mass is 10.2. The van der Waals surface area contributed by atoms with Crippen LogP contribution in [0.1, 0.15) is 13.8 Å². The predicted molar refractivity (Wildman–Crippen MR) is 91.2 cm³/mol. The van der Waals surface area contributed by atoms with Crippen molar-refractivity contribution in [3.8, 4) is 0 Å². The molecule has 0 atom stereocenters. The first-order valence-corrected chi connectivity index (χ1v) is 9.45. The Morgan fingerprint density at radius 2 is 1.67 bits per heavy atom. The van der Waals surface area contributed by atoms with Crippen LogP contribution in [0.3, 0.4) is 0 Å². The Balaban J connectivity index is 1.83. The van der Waals surface area contributed by atoms with Crippen LogP contribution in [0.5, 0.6) is 0 Å². The standard InChI is InChI=1S/C15H33N3O2S/c1-15(2)18-7-5-17(6-8-18)9-11-20-13-12-19-10-4-16-14-21-3/h15-16H,4-14H2,1-3H3. The first kappa shape index (κ1) is 19.2. The van der Waals surface area contributed by atoms with Gasteiger partial charge in [-0.3, -0.25) is 9.80 Å². The molecule has 21 heavy (non-hydrogen) atoms. The van der Waals surface area contributed by atoms with Crippen molar-refractivity contribution in [1.29, 1.82) is 0 Å². The van der Waals surface area contributed by atoms with Crippen LogP contribution < -0.4 is 5.32 Å². The minimum absolute atomic E-state index is 0.672. The van der Waals surface area contributed by atoms with E-state index in [0.29, 0.717) is 19.3 Å². The summed E-state index contributed by atoms with van der Waals surface area (Å²) in [6, 6.07) is 0.672. The number of thioether (sulfide) groups is 1. The molecule has 0 bridgehead atoms. The van der Waals surface area contributed by atoms with E-state index in [2.05, 4.69) is 35.2 Å². The molecular formula is C15H33N3O2S. The van der Waals surface area contributed by atoms with E-state index in [0.717, 1.165) is 32.2 Å². The summed E-state index contributed by atoms with van der Waals surface area (Å²) in [7, 11) is 0. The van der Waals surface area contributed by atoms with Gasteiger partial charge >= 0.3 is 0 Å². The molecule has 0 unspecified atom stereocenters. The van der Waals surface area contributed by atoms with Crippen molar-refractivity contribution in [3.63, 3.8) is 0 Å². The molecule has 0 aromatic carbocycles. The van der Waals surface area contributed by atoms with E-state index < -0.39 is 0 Å². The summed E-state index contributed by atoms with van der Waals surface area (Å²) in [4.78, 5) is 5.03. The Morgan fingerprint density at radius 1 is 1.00 bits per heavy atom. The fourth-order valence-electron chi connectivity index (χ4n) is 2.34. The zero-order valence-electron chi connectivity index (χ0n) is 14.0. The third kappa shape index (κ3) is 9.71. The molecule has 0 radical (unpaired) electrons. The van der Waals surface area contributed by atoms with Gasteiger partial charge in [-0.1, -0.05) is 0 Å². The summed E-state index contributed by atoms with van der Waals surface area (Å²) >= 11 is 1.79. The first-order valence-electron chi connectivity index (χ1n) is 8.05. The molecule has 0 saturated carbocycles. The van der Waals surface area contributed by atoms with E-state index in [1.807, 2.05) is 0 Å². The Labute approximate surface area is 134 Å². The molecule has 5 nitrogen and oxygen atoms in total. The van der Waals surface area contributed by atoms with Gasteiger partial charge in [0.05, 0.1) is 26.4 Å². The molecule has 6 heteroatoms. The minimum Gasteiger partial charge on any atom is -0.378 e. The van der Waals surface area contributed by atoms with Crippen molar-refractivity contribution in [2.75, 3.05) is 77.8 Å². The smallest absolute Gasteiger partial charge is 0.0701 e. The van der Waals surface area contributed by atoms with Gasteiger partial charge in [0.2, 0.25) is 0 Å². The average Bonchev–Trinajstić information content (AvgIpc) is 2.49. The topological polar surface area (TPSA) is 37.0 Å². The molecule has 0 aliphatic carbocycles. The van der Waals surface area contributed by atoms with E-state index in [1.165, 1.54) is 26.2 Å². The van der Waals surface area contributed by atoms with Crippen molar-refractivity contribution < 1.29 is 9.47 Å². The molecule has 0 aromatic heterocycles. The SMILES string of the molecule is CSCNCCOCCOCCN1CCN(C(C)C)CC1. The van der Waals surface area contributed by atoms with Crippen molar-refractivity contribution >= 4 is 11.8 Å². The molecule has 1 rings (SSSR count). The Morgan fingerprint density at radius 3 is 2.29 bits per heavy atom. The maximum absolute atomic E-state index is 5.63. The number of piperazine rings is 1. The molecule has 1 aliphatic rings. The highest BCUT2D eigenvalue weighted by Gasteiger charge is 2.17. The molecule has 1 heterocycles. The van der Waals surface area contributed by atoms with E-state index in [4.69, 9.17) is 9.47 Å². The van der Waals surface area contributed by atoms with Crippen molar-refractivity contribution in [1.82, 2.24) is 15.1 Å². The molecule has 1 saturated heterocycles. The average molecular weight is 320 g/mol. The molecule has 0 amide bonds. The second kappa shape index (κ2) is 12.7. The minimum atomic E-state index is 0.672. The molecular weight excluding hydrogens is 286 g/mol. The van der Waals surface area contributed by atoms with Gasteiger partial charge in [-0.25, -0.2) is 0 Å². The van der Waals surface area contributed by atoms with Crippen LogP contribution in [0.4, 0.5) is 0 Å². The van der Waals surface area contributed by atoms with Crippen LogP contribution in [-0.4, -0.2) is 93.7 Å². The first-order chi connectivity index (χ1) is 10.2. The lowest BCUT2D eigenvalue weighted by Crippen LogP contribution is -2.49. The molecule has 0 spiro atoms. The number of nitrogens with zero attached hydrogens (tertiary/aromatic N) is 2. The maximum Gasteiger partial charge on any atom is 0.0701 e. The molecule has 1 aliphatic heterocycles. The molecule has 0 aromatic rings. The monoisotopic (exact) mass is 319 g/mol. The zero-order valence-corrected chi connectivity index (χ0v) is 14.8. The van der Waals surface area contributed by atoms with Crippen molar-refractivity contribution in [2.45, 2.75) is 19.9 Å². The predicted octanol–water partition coefficient (Wildman–Crippen LogP) is 0.956. The summed E-state index contributed by atoms with van der Waals surface area (Å²) in [5.74, 6) is 0.990. The molecule has 126 valence electrons. The molecule has 1 fully saturated rings. The van der Waals surface area contributed by atoms with E-state index in [9.17, 15) is 0 Å². The second-order valence-corrected chi connectivity index (χ2v) is 6.50. The van der Waals surface area contributed by atoms with Gasteiger partial charge in [0.15, 0.2) is 0 Å². The highest BCUT2D eigenvalue weighted by atomic mass is 32.2. The maximum atomic E-state index is 5.63. The number of hydrogen-bond acceptors (Lipinski definition) is 6. The third-order valence-corrected chi connectivity index (χ3v) is 4.22. The van der Waals surface area contributed by atoms with Gasteiger partial charge in [0.1, 0.15) is 0 Å². The fourth-order valence-corrected chi connectivity index (χ4v) is 2.69. The van der Waals surface area contributed by atoms with E-state index in [1.54, 1.807) is 11.8 Å². The van der Waals surface area contributed by atoms with E-state index >= 15 is 0 Å². The Kier molecular flexibility index (Phi) is 11.6. The third-order valence-electron chi connectivity index (χ3n) is 3.73. The van der Waals surface area contributed by atoms with Gasteiger partial charge in [0, 0.05) is 51.2 Å². The normalized spacial score (nSPS) is 17.7. The van der Waals surface area contributed by atoms with Crippen LogP contribution in [0.25, 0.3) is 0 Å². The van der Waals surface area contributed by atoms with E-state index in [-0.39, 0.29) is 0 Å². The van der Waals surface area contributed by atoms with Crippen molar-refractivity contribution in [2.24, 2.45) is 0 Å². The van der Waals surface area contributed by atoms with Crippen LogP contribution in [0, 0.1) is 0 Å². The second-order valence-electron chi connectivity index (χ2n) is 5.63. The van der Waals surface area contributed by atoms with Crippen LogP contribution in [-0.2, 0) is 9.47 Å². The quantitative estimate of drug-likeness (QED) is 0.426. The Bertz CT molecular complexity index is 237. The summed E-state index contributed by atoms with van der Waals surface area (Å²) < 4.78 is 11.1. The van der Waals surface area contributed by atoms with Crippen molar-refractivity contribution in [3.05, 3.63) is 0 Å². The highest BCUT2D eigenvalue weighted by Crippen LogP contribution is 2.05. The van der Waals surface area contributed by atoms with Gasteiger partial charge in [-0.05, 0) is 20.1 Å². The lowest BCUT2D eigenvalue weighted by molar-refractivity contribution is 0.0303. The number of hydrogen-bond donors (Lipinski definition) is 1. The summed E-state index contributed by atoms with van der Waals surface area (Å²) in [6.07, 6.45) is 2.09. The van der Waals surface area contributed by atoms with Crippen LogP contribution in [0.2, 0.25) is 0 Å². The number of rotatable bonds is 12. The fraction of sp³-hybridized carbons (Fsp3) is 1.00. The van der Waals surface area contributed by atoms with Gasteiger partial charge in [-0.2, -0.15) is 0 Å². The van der Waals surface area contributed by atoms with Crippen LogP contribution >= 0.6 is 11.8 Å². The summed E-state index contributed by atoms with van der Waals surface area (Å²) in [5.41, 5.74) is 0. The largest absolute Gasteiger partial charge is 0.378 e. The summed E-state index contributed by atoms with van der Waals surface area (Å²) in [5, 5.41) is 3.28. The van der Waals surface area contributed by atoms with Gasteiger partial charge < -0.3 is 14.8 Å². The highest BCUT2D eigenvalue weighted by molar-refractivity contribution is 7.98. The lowest BCUT2D eigenvalue weighted by Gasteiger charge is -2.36. The summed E-state index contributed by atoms with van der Waals surface area (Å²) in [6.45, 7) is 14.2. The Hall–Kier alpha value is 0.150. The molecule has 1 N–H and O–H groups in total.